The van der Waals surface area contributed by atoms with E-state index in [1.807, 2.05) is 26.6 Å². The van der Waals surface area contributed by atoms with Crippen LogP contribution in [0.3, 0.4) is 0 Å². The topological polar surface area (TPSA) is 57.0 Å². The molecule has 3 aliphatic heterocycles. The highest BCUT2D eigenvalue weighted by molar-refractivity contribution is 5.89. The number of alkyl halides is 1. The van der Waals surface area contributed by atoms with Gasteiger partial charge in [-0.05, 0) is 25.3 Å². The van der Waals surface area contributed by atoms with Gasteiger partial charge in [0, 0.05) is 38.6 Å². The molecule has 8 heteroatoms. The zero-order chi connectivity index (χ0) is 18.6. The number of carbonyl (C=O) groups excluding carboxylic acids is 1. The number of halogens is 1. The third-order valence-corrected chi connectivity index (χ3v) is 6.15. The van der Waals surface area contributed by atoms with Crippen LogP contribution in [-0.2, 0) is 4.79 Å². The Bertz CT molecular complexity index is 905. The van der Waals surface area contributed by atoms with E-state index in [0.29, 0.717) is 13.0 Å². The van der Waals surface area contributed by atoms with Crippen molar-refractivity contribution in [3.05, 3.63) is 31.2 Å². The molecule has 3 aliphatic rings. The van der Waals surface area contributed by atoms with Gasteiger partial charge in [-0.15, -0.1) is 0 Å². The van der Waals surface area contributed by atoms with Crippen molar-refractivity contribution in [2.45, 2.75) is 31.0 Å². The van der Waals surface area contributed by atoms with Gasteiger partial charge in [-0.2, -0.15) is 0 Å². The molecule has 1 spiro atoms. The number of piperidine rings is 1. The second kappa shape index (κ2) is 5.94. The van der Waals surface area contributed by atoms with E-state index in [-0.39, 0.29) is 11.4 Å². The van der Waals surface area contributed by atoms with Gasteiger partial charge < -0.3 is 14.7 Å². The van der Waals surface area contributed by atoms with Crippen molar-refractivity contribution in [2.24, 2.45) is 0 Å². The normalized spacial score (nSPS) is 24.0. The van der Waals surface area contributed by atoms with E-state index in [2.05, 4.69) is 21.4 Å². The van der Waals surface area contributed by atoms with Crippen LogP contribution in [-0.4, -0.2) is 69.6 Å². The SMILES string of the molecule is C=CC(=O)N1CCC12CN(c1nccn3c(N4CCCC(F)C4)ncc13)C2. The third kappa shape index (κ3) is 2.42. The van der Waals surface area contributed by atoms with Crippen molar-refractivity contribution < 1.29 is 9.18 Å². The number of hydrogen-bond donors (Lipinski definition) is 0. The first-order valence-corrected chi connectivity index (χ1v) is 9.51. The summed E-state index contributed by atoms with van der Waals surface area (Å²) in [4.78, 5) is 27.2. The summed E-state index contributed by atoms with van der Waals surface area (Å²) in [6, 6.07) is 0. The van der Waals surface area contributed by atoms with Crippen molar-refractivity contribution in [1.29, 1.82) is 0 Å². The largest absolute Gasteiger partial charge is 0.350 e. The number of aromatic nitrogens is 3. The fourth-order valence-corrected chi connectivity index (χ4v) is 4.62. The van der Waals surface area contributed by atoms with Gasteiger partial charge in [0.25, 0.3) is 0 Å². The van der Waals surface area contributed by atoms with E-state index in [0.717, 1.165) is 56.3 Å². The van der Waals surface area contributed by atoms with Gasteiger partial charge >= 0.3 is 0 Å². The number of amides is 1. The van der Waals surface area contributed by atoms with Crippen LogP contribution in [0.25, 0.3) is 5.52 Å². The molecule has 5 heterocycles. The van der Waals surface area contributed by atoms with Crippen molar-refractivity contribution in [3.63, 3.8) is 0 Å². The Morgan fingerprint density at radius 2 is 2.15 bits per heavy atom. The Kier molecular flexibility index (Phi) is 3.63. The highest BCUT2D eigenvalue weighted by Gasteiger charge is 2.55. The molecule has 2 aromatic heterocycles. The maximum Gasteiger partial charge on any atom is 0.246 e. The lowest BCUT2D eigenvalue weighted by atomic mass is 9.77. The zero-order valence-corrected chi connectivity index (χ0v) is 15.2. The molecule has 0 N–H and O–H groups in total. The Morgan fingerprint density at radius 1 is 1.30 bits per heavy atom. The molecule has 142 valence electrons. The summed E-state index contributed by atoms with van der Waals surface area (Å²) in [6.45, 7) is 7.16. The number of carbonyl (C=O) groups is 1. The van der Waals surface area contributed by atoms with Gasteiger partial charge in [-0.25, -0.2) is 14.4 Å². The summed E-state index contributed by atoms with van der Waals surface area (Å²) in [5.41, 5.74) is 0.848. The number of rotatable bonds is 3. The average molecular weight is 370 g/mol. The number of imidazole rings is 1. The smallest absolute Gasteiger partial charge is 0.246 e. The predicted molar refractivity (Wildman–Crippen MR) is 101 cm³/mol. The molecular weight excluding hydrogens is 347 g/mol. The lowest BCUT2D eigenvalue weighted by Crippen LogP contribution is -2.78. The molecule has 0 aromatic carbocycles. The molecule has 0 saturated carbocycles. The van der Waals surface area contributed by atoms with Gasteiger partial charge in [-0.1, -0.05) is 6.58 Å². The number of likely N-dealkylation sites (tertiary alicyclic amines) is 1. The van der Waals surface area contributed by atoms with Crippen LogP contribution in [0, 0.1) is 0 Å². The number of fused-ring (bicyclic) bond motifs is 1. The predicted octanol–water partition coefficient (Wildman–Crippen LogP) is 1.64. The minimum absolute atomic E-state index is 0.00424. The molecule has 0 aliphatic carbocycles. The second-order valence-corrected chi connectivity index (χ2v) is 7.77. The van der Waals surface area contributed by atoms with E-state index in [9.17, 15) is 9.18 Å². The number of anilines is 2. The molecule has 27 heavy (non-hydrogen) atoms. The number of hydrogen-bond acceptors (Lipinski definition) is 5. The summed E-state index contributed by atoms with van der Waals surface area (Å²) >= 11 is 0. The Hall–Kier alpha value is -2.64. The fourth-order valence-electron chi connectivity index (χ4n) is 4.62. The molecule has 2 aromatic rings. The Morgan fingerprint density at radius 3 is 2.85 bits per heavy atom. The standard InChI is InChI=1S/C19H23FN6O/c1-2-16(27)26-8-5-19(26)12-24(13-19)17-15-10-22-18(25(15)9-6-21-17)23-7-3-4-14(20)11-23/h2,6,9-10,14H,1,3-5,7-8,11-13H2. The second-order valence-electron chi connectivity index (χ2n) is 7.77. The quantitative estimate of drug-likeness (QED) is 0.769. The van der Waals surface area contributed by atoms with E-state index in [4.69, 9.17) is 0 Å². The van der Waals surface area contributed by atoms with Crippen LogP contribution >= 0.6 is 0 Å². The minimum Gasteiger partial charge on any atom is -0.350 e. The summed E-state index contributed by atoms with van der Waals surface area (Å²) in [5.74, 6) is 1.65. The first-order chi connectivity index (χ1) is 13.1. The third-order valence-electron chi connectivity index (χ3n) is 6.15. The van der Waals surface area contributed by atoms with Crippen LogP contribution in [0.2, 0.25) is 0 Å². The van der Waals surface area contributed by atoms with Gasteiger partial charge in [-0.3, -0.25) is 9.20 Å². The van der Waals surface area contributed by atoms with Crippen LogP contribution in [0.5, 0.6) is 0 Å². The molecule has 1 atom stereocenters. The summed E-state index contributed by atoms with van der Waals surface area (Å²) < 4.78 is 15.8. The minimum atomic E-state index is -0.797. The first-order valence-electron chi connectivity index (χ1n) is 9.51. The van der Waals surface area contributed by atoms with Gasteiger partial charge in [0.05, 0.1) is 18.3 Å². The molecule has 0 radical (unpaired) electrons. The average Bonchev–Trinajstić information content (AvgIpc) is 3.04. The van der Waals surface area contributed by atoms with Crippen molar-refractivity contribution in [2.75, 3.05) is 42.5 Å². The Labute approximate surface area is 157 Å². The highest BCUT2D eigenvalue weighted by Crippen LogP contribution is 2.42. The Balaban J connectivity index is 1.40. The summed E-state index contributed by atoms with van der Waals surface area (Å²) in [5, 5.41) is 0. The first kappa shape index (κ1) is 16.5. The summed E-state index contributed by atoms with van der Waals surface area (Å²) in [6.07, 6.45) is 8.55. The zero-order valence-electron chi connectivity index (χ0n) is 15.2. The number of nitrogens with zero attached hydrogens (tertiary/aromatic N) is 6. The van der Waals surface area contributed by atoms with Crippen LogP contribution in [0.1, 0.15) is 19.3 Å². The van der Waals surface area contributed by atoms with Crippen LogP contribution in [0.15, 0.2) is 31.2 Å². The molecule has 3 fully saturated rings. The maximum atomic E-state index is 13.8. The van der Waals surface area contributed by atoms with Gasteiger partial charge in [0.1, 0.15) is 11.7 Å². The van der Waals surface area contributed by atoms with E-state index >= 15 is 0 Å². The van der Waals surface area contributed by atoms with Crippen LogP contribution < -0.4 is 9.80 Å². The molecule has 5 rings (SSSR count). The molecule has 1 amide bonds. The lowest BCUT2D eigenvalue weighted by Gasteiger charge is -2.62. The lowest BCUT2D eigenvalue weighted by molar-refractivity contribution is -0.144. The van der Waals surface area contributed by atoms with Gasteiger partial charge in [0.15, 0.2) is 5.82 Å². The van der Waals surface area contributed by atoms with E-state index in [1.54, 1.807) is 6.20 Å². The van der Waals surface area contributed by atoms with E-state index in [1.165, 1.54) is 6.08 Å². The summed E-state index contributed by atoms with van der Waals surface area (Å²) in [7, 11) is 0. The van der Waals surface area contributed by atoms with Crippen molar-refractivity contribution in [3.8, 4) is 0 Å². The molecule has 7 nitrogen and oxygen atoms in total. The molecule has 1 unspecified atom stereocenters. The van der Waals surface area contributed by atoms with Crippen molar-refractivity contribution >= 4 is 23.2 Å². The molecular formula is C19H23FN6O. The van der Waals surface area contributed by atoms with Crippen LogP contribution in [0.4, 0.5) is 16.2 Å². The molecule has 0 bridgehead atoms. The molecule has 3 saturated heterocycles. The monoisotopic (exact) mass is 370 g/mol. The van der Waals surface area contributed by atoms with Gasteiger partial charge in [0.2, 0.25) is 11.9 Å². The fraction of sp³-hybridized carbons (Fsp3) is 0.526. The highest BCUT2D eigenvalue weighted by atomic mass is 19.1. The van der Waals surface area contributed by atoms with E-state index < -0.39 is 6.17 Å². The maximum absolute atomic E-state index is 13.8. The van der Waals surface area contributed by atoms with Crippen molar-refractivity contribution in [1.82, 2.24) is 19.3 Å².